The fourth-order valence-electron chi connectivity index (χ4n) is 1.87. The lowest BCUT2D eigenvalue weighted by Gasteiger charge is -2.00. The van der Waals surface area contributed by atoms with Crippen molar-refractivity contribution in [3.8, 4) is 11.4 Å². The first kappa shape index (κ1) is 13.4. The van der Waals surface area contributed by atoms with Gasteiger partial charge in [0.05, 0.1) is 6.21 Å². The number of benzene rings is 2. The molecule has 0 fully saturated rings. The number of hydrogen-bond acceptors (Lipinski definition) is 3. The molecule has 3 rings (SSSR count). The molecule has 0 spiro atoms. The van der Waals surface area contributed by atoms with Crippen LogP contribution < -0.4 is 0 Å². The standard InChI is InChI=1S/C15H11FN4S/c16-13-9-5-4-8-12(13)10-17-20-14(18-19-15(20)21)11-6-2-1-3-7-11/h1-10H,(H,19,21)/b17-10+. The molecule has 1 heterocycles. The Balaban J connectivity index is 2.02. The molecule has 0 aliphatic carbocycles. The highest BCUT2D eigenvalue weighted by Gasteiger charge is 2.07. The van der Waals surface area contributed by atoms with Crippen LogP contribution >= 0.6 is 12.2 Å². The molecule has 21 heavy (non-hydrogen) atoms. The van der Waals surface area contributed by atoms with Crippen molar-refractivity contribution in [1.29, 1.82) is 0 Å². The van der Waals surface area contributed by atoms with Crippen LogP contribution in [-0.2, 0) is 0 Å². The summed E-state index contributed by atoms with van der Waals surface area (Å²) in [5.41, 5.74) is 1.26. The minimum atomic E-state index is -0.336. The molecule has 1 N–H and O–H groups in total. The number of hydrogen-bond donors (Lipinski definition) is 1. The first-order valence-corrected chi connectivity index (χ1v) is 6.68. The summed E-state index contributed by atoms with van der Waals surface area (Å²) in [7, 11) is 0. The van der Waals surface area contributed by atoms with Crippen molar-refractivity contribution in [1.82, 2.24) is 14.9 Å². The number of rotatable bonds is 3. The van der Waals surface area contributed by atoms with Crippen LogP contribution in [0.1, 0.15) is 5.56 Å². The van der Waals surface area contributed by atoms with Gasteiger partial charge in [-0.05, 0) is 18.3 Å². The lowest BCUT2D eigenvalue weighted by molar-refractivity contribution is 0.625. The van der Waals surface area contributed by atoms with E-state index in [0.717, 1.165) is 5.56 Å². The van der Waals surface area contributed by atoms with Gasteiger partial charge in [-0.3, -0.25) is 0 Å². The van der Waals surface area contributed by atoms with E-state index in [0.29, 0.717) is 16.2 Å². The van der Waals surface area contributed by atoms with Crippen LogP contribution in [0.2, 0.25) is 0 Å². The Morgan fingerprint density at radius 2 is 1.81 bits per heavy atom. The maximum Gasteiger partial charge on any atom is 0.216 e. The minimum absolute atomic E-state index is 0.336. The predicted octanol–water partition coefficient (Wildman–Crippen LogP) is 3.63. The fourth-order valence-corrected chi connectivity index (χ4v) is 2.05. The van der Waals surface area contributed by atoms with Crippen LogP contribution in [0.3, 0.4) is 0 Å². The predicted molar refractivity (Wildman–Crippen MR) is 82.2 cm³/mol. The quantitative estimate of drug-likeness (QED) is 0.593. The van der Waals surface area contributed by atoms with E-state index in [1.165, 1.54) is 17.0 Å². The Bertz CT molecular complexity index is 836. The van der Waals surface area contributed by atoms with Gasteiger partial charge in [-0.1, -0.05) is 48.5 Å². The van der Waals surface area contributed by atoms with Crippen molar-refractivity contribution in [3.63, 3.8) is 0 Å². The molecule has 104 valence electrons. The Morgan fingerprint density at radius 1 is 1.10 bits per heavy atom. The third kappa shape index (κ3) is 2.80. The summed E-state index contributed by atoms with van der Waals surface area (Å²) in [4.78, 5) is 0. The monoisotopic (exact) mass is 298 g/mol. The van der Waals surface area contributed by atoms with E-state index in [1.54, 1.807) is 18.2 Å². The van der Waals surface area contributed by atoms with Crippen LogP contribution in [0.15, 0.2) is 59.7 Å². The van der Waals surface area contributed by atoms with Gasteiger partial charge < -0.3 is 0 Å². The van der Waals surface area contributed by atoms with Crippen molar-refractivity contribution >= 4 is 18.4 Å². The fraction of sp³-hybridized carbons (Fsp3) is 0. The smallest absolute Gasteiger partial charge is 0.216 e. The molecule has 4 nitrogen and oxygen atoms in total. The molecule has 6 heteroatoms. The van der Waals surface area contributed by atoms with E-state index in [2.05, 4.69) is 15.3 Å². The van der Waals surface area contributed by atoms with E-state index in [4.69, 9.17) is 12.2 Å². The Kier molecular flexibility index (Phi) is 3.70. The van der Waals surface area contributed by atoms with Crippen LogP contribution in [0.5, 0.6) is 0 Å². The molecule has 0 aliphatic heterocycles. The van der Waals surface area contributed by atoms with E-state index in [1.807, 2.05) is 30.3 Å². The zero-order valence-electron chi connectivity index (χ0n) is 10.9. The van der Waals surface area contributed by atoms with Gasteiger partial charge in [-0.25, -0.2) is 9.49 Å². The second-order valence-electron chi connectivity index (χ2n) is 4.30. The van der Waals surface area contributed by atoms with E-state index in [-0.39, 0.29) is 5.82 Å². The Hall–Kier alpha value is -2.60. The van der Waals surface area contributed by atoms with Crippen molar-refractivity contribution in [2.75, 3.05) is 0 Å². The molecule has 0 bridgehead atoms. The number of nitrogens with one attached hydrogen (secondary N) is 1. The van der Waals surface area contributed by atoms with Gasteiger partial charge in [0.2, 0.25) is 4.77 Å². The molecule has 1 aromatic heterocycles. The van der Waals surface area contributed by atoms with E-state index in [9.17, 15) is 4.39 Å². The van der Waals surface area contributed by atoms with Gasteiger partial charge in [0, 0.05) is 11.1 Å². The van der Waals surface area contributed by atoms with Crippen molar-refractivity contribution in [2.24, 2.45) is 5.10 Å². The average molecular weight is 298 g/mol. The number of nitrogens with zero attached hydrogens (tertiary/aromatic N) is 3. The number of aromatic amines is 1. The van der Waals surface area contributed by atoms with E-state index >= 15 is 0 Å². The summed E-state index contributed by atoms with van der Waals surface area (Å²) in [5, 5.41) is 11.1. The minimum Gasteiger partial charge on any atom is -0.250 e. The summed E-state index contributed by atoms with van der Waals surface area (Å²) in [5.74, 6) is 0.241. The molecule has 0 amide bonds. The highest BCUT2D eigenvalue weighted by molar-refractivity contribution is 7.71. The van der Waals surface area contributed by atoms with Crippen LogP contribution in [0, 0.1) is 10.6 Å². The van der Waals surface area contributed by atoms with Gasteiger partial charge >= 0.3 is 0 Å². The maximum atomic E-state index is 13.6. The lowest BCUT2D eigenvalue weighted by atomic mass is 10.2. The summed E-state index contributed by atoms with van der Waals surface area (Å²) in [6.07, 6.45) is 1.42. The highest BCUT2D eigenvalue weighted by atomic mass is 32.1. The van der Waals surface area contributed by atoms with Gasteiger partial charge in [0.1, 0.15) is 5.82 Å². The number of H-pyrrole nitrogens is 1. The molecular weight excluding hydrogens is 287 g/mol. The summed E-state index contributed by atoms with van der Waals surface area (Å²) >= 11 is 5.16. The van der Waals surface area contributed by atoms with Crippen LogP contribution in [-0.4, -0.2) is 21.1 Å². The summed E-state index contributed by atoms with van der Waals surface area (Å²) in [6, 6.07) is 15.9. The van der Waals surface area contributed by atoms with Gasteiger partial charge in [-0.2, -0.15) is 14.9 Å². The molecule has 0 atom stereocenters. The van der Waals surface area contributed by atoms with E-state index < -0.39 is 0 Å². The largest absolute Gasteiger partial charge is 0.250 e. The number of halogens is 1. The lowest BCUT2D eigenvalue weighted by Crippen LogP contribution is -1.96. The number of aromatic nitrogens is 3. The second kappa shape index (κ2) is 5.80. The molecule has 2 aromatic carbocycles. The molecule has 0 unspecified atom stereocenters. The maximum absolute atomic E-state index is 13.6. The highest BCUT2D eigenvalue weighted by Crippen LogP contribution is 2.16. The zero-order chi connectivity index (χ0) is 14.7. The first-order chi connectivity index (χ1) is 10.3. The zero-order valence-corrected chi connectivity index (χ0v) is 11.7. The van der Waals surface area contributed by atoms with Crippen molar-refractivity contribution in [3.05, 3.63) is 70.7 Å². The molecule has 3 aromatic rings. The van der Waals surface area contributed by atoms with Gasteiger partial charge in [0.25, 0.3) is 0 Å². The SMILES string of the molecule is Fc1ccccc1/C=N/n1c(-c2ccccc2)n[nH]c1=S. The molecular formula is C15H11FN4S. The van der Waals surface area contributed by atoms with Gasteiger partial charge in [0.15, 0.2) is 5.82 Å². The summed E-state index contributed by atoms with van der Waals surface area (Å²) in [6.45, 7) is 0. The Morgan fingerprint density at radius 3 is 2.57 bits per heavy atom. The second-order valence-corrected chi connectivity index (χ2v) is 4.68. The van der Waals surface area contributed by atoms with Crippen molar-refractivity contribution in [2.45, 2.75) is 0 Å². The normalized spacial score (nSPS) is 11.1. The first-order valence-electron chi connectivity index (χ1n) is 6.27. The molecule has 0 radical (unpaired) electrons. The summed E-state index contributed by atoms with van der Waals surface area (Å²) < 4.78 is 15.4. The van der Waals surface area contributed by atoms with Crippen LogP contribution in [0.25, 0.3) is 11.4 Å². The third-order valence-corrected chi connectivity index (χ3v) is 3.16. The van der Waals surface area contributed by atoms with Gasteiger partial charge in [-0.15, -0.1) is 0 Å². The Labute approximate surface area is 125 Å². The van der Waals surface area contributed by atoms with Crippen LogP contribution in [0.4, 0.5) is 4.39 Å². The molecule has 0 aliphatic rings. The molecule has 0 saturated carbocycles. The van der Waals surface area contributed by atoms with Crippen molar-refractivity contribution < 1.29 is 4.39 Å². The third-order valence-electron chi connectivity index (χ3n) is 2.90. The molecule has 0 saturated heterocycles. The average Bonchev–Trinajstić information content (AvgIpc) is 2.88. The topological polar surface area (TPSA) is 46.0 Å².